The van der Waals surface area contributed by atoms with Gasteiger partial charge in [-0.1, -0.05) is 25.9 Å². The highest BCUT2D eigenvalue weighted by atomic mass is 16.5. The Balaban J connectivity index is 1.91. The predicted octanol–water partition coefficient (Wildman–Crippen LogP) is 4.34. The van der Waals surface area contributed by atoms with Crippen LogP contribution in [0.2, 0.25) is 0 Å². The maximum atomic E-state index is 5.14. The molecule has 2 aromatic heterocycles. The summed E-state index contributed by atoms with van der Waals surface area (Å²) in [6.45, 7) is 10.5. The van der Waals surface area contributed by atoms with Crippen LogP contribution >= 0.6 is 0 Å². The third-order valence-electron chi connectivity index (χ3n) is 4.02. The van der Waals surface area contributed by atoms with Crippen LogP contribution in [0.3, 0.4) is 0 Å². The zero-order valence-electron chi connectivity index (χ0n) is 14.6. The maximum absolute atomic E-state index is 5.14. The molecule has 23 heavy (non-hydrogen) atoms. The van der Waals surface area contributed by atoms with Gasteiger partial charge < -0.3 is 14.4 Å². The Morgan fingerprint density at radius 1 is 1.22 bits per heavy atom. The third-order valence-corrected chi connectivity index (χ3v) is 4.02. The standard InChI is InChI=1S/C18H24N4O/c1-11-9-14(21-23-11)12(2)19-13-7-8-16-15(10-13)20-17(22(16)6)18(3,4)5/h7-10,12,19H,1-6H3. The predicted molar refractivity (Wildman–Crippen MR) is 92.7 cm³/mol. The molecule has 0 radical (unpaired) electrons. The monoisotopic (exact) mass is 312 g/mol. The summed E-state index contributed by atoms with van der Waals surface area (Å²) in [4.78, 5) is 4.82. The number of aryl methyl sites for hydroxylation is 2. The van der Waals surface area contributed by atoms with Crippen LogP contribution in [0.4, 0.5) is 5.69 Å². The fourth-order valence-corrected chi connectivity index (χ4v) is 2.87. The number of imidazole rings is 1. The van der Waals surface area contributed by atoms with Crippen LogP contribution in [0.15, 0.2) is 28.8 Å². The first-order valence-corrected chi connectivity index (χ1v) is 7.92. The largest absolute Gasteiger partial charge is 0.377 e. The van der Waals surface area contributed by atoms with Gasteiger partial charge in [0.2, 0.25) is 0 Å². The molecule has 0 saturated carbocycles. The van der Waals surface area contributed by atoms with E-state index in [2.05, 4.69) is 68.0 Å². The van der Waals surface area contributed by atoms with Crippen molar-refractivity contribution >= 4 is 16.7 Å². The maximum Gasteiger partial charge on any atom is 0.134 e. The van der Waals surface area contributed by atoms with E-state index in [4.69, 9.17) is 9.51 Å². The second kappa shape index (κ2) is 5.41. The number of aromatic nitrogens is 3. The number of anilines is 1. The summed E-state index contributed by atoms with van der Waals surface area (Å²) in [5.74, 6) is 1.91. The quantitative estimate of drug-likeness (QED) is 0.781. The highest BCUT2D eigenvalue weighted by molar-refractivity contribution is 5.80. The summed E-state index contributed by atoms with van der Waals surface area (Å²) in [5, 5.41) is 7.53. The van der Waals surface area contributed by atoms with Gasteiger partial charge in [-0.3, -0.25) is 0 Å². The number of nitrogens with one attached hydrogen (secondary N) is 1. The number of rotatable bonds is 3. The van der Waals surface area contributed by atoms with Crippen LogP contribution in [0.1, 0.15) is 51.0 Å². The van der Waals surface area contributed by atoms with E-state index in [9.17, 15) is 0 Å². The van der Waals surface area contributed by atoms with Gasteiger partial charge in [0.25, 0.3) is 0 Å². The number of fused-ring (bicyclic) bond motifs is 1. The molecule has 122 valence electrons. The van der Waals surface area contributed by atoms with Crippen LogP contribution in [-0.4, -0.2) is 14.7 Å². The number of hydrogen-bond acceptors (Lipinski definition) is 4. The van der Waals surface area contributed by atoms with Gasteiger partial charge in [-0.05, 0) is 32.0 Å². The Morgan fingerprint density at radius 2 is 1.96 bits per heavy atom. The van der Waals surface area contributed by atoms with E-state index in [1.807, 2.05) is 13.0 Å². The van der Waals surface area contributed by atoms with Crippen molar-refractivity contribution in [3.63, 3.8) is 0 Å². The second-order valence-corrected chi connectivity index (χ2v) is 7.18. The van der Waals surface area contributed by atoms with E-state index in [0.717, 1.165) is 34.0 Å². The van der Waals surface area contributed by atoms with Gasteiger partial charge in [0.15, 0.2) is 0 Å². The Labute approximate surface area is 136 Å². The van der Waals surface area contributed by atoms with Gasteiger partial charge in [-0.25, -0.2) is 4.98 Å². The van der Waals surface area contributed by atoms with Crippen molar-refractivity contribution in [2.45, 2.75) is 46.1 Å². The molecule has 0 spiro atoms. The topological polar surface area (TPSA) is 55.9 Å². The first-order chi connectivity index (χ1) is 10.8. The summed E-state index contributed by atoms with van der Waals surface area (Å²) >= 11 is 0. The first-order valence-electron chi connectivity index (χ1n) is 7.92. The summed E-state index contributed by atoms with van der Waals surface area (Å²) in [5.41, 5.74) is 4.10. The summed E-state index contributed by atoms with van der Waals surface area (Å²) in [7, 11) is 2.07. The Bertz CT molecular complexity index is 838. The number of benzene rings is 1. The molecule has 1 atom stereocenters. The van der Waals surface area contributed by atoms with Crippen LogP contribution in [0, 0.1) is 6.92 Å². The van der Waals surface area contributed by atoms with Crippen LogP contribution in [-0.2, 0) is 12.5 Å². The summed E-state index contributed by atoms with van der Waals surface area (Å²) in [6.07, 6.45) is 0. The highest BCUT2D eigenvalue weighted by Crippen LogP contribution is 2.28. The molecule has 0 aliphatic heterocycles. The highest BCUT2D eigenvalue weighted by Gasteiger charge is 2.21. The lowest BCUT2D eigenvalue weighted by atomic mass is 9.96. The van der Waals surface area contributed by atoms with Crippen LogP contribution in [0.25, 0.3) is 11.0 Å². The average molecular weight is 312 g/mol. The fraction of sp³-hybridized carbons (Fsp3) is 0.444. The van der Waals surface area contributed by atoms with Gasteiger partial charge in [0, 0.05) is 24.2 Å². The van der Waals surface area contributed by atoms with Gasteiger partial charge in [-0.2, -0.15) is 0 Å². The molecule has 0 bridgehead atoms. The van der Waals surface area contributed by atoms with E-state index >= 15 is 0 Å². The molecule has 5 nitrogen and oxygen atoms in total. The zero-order valence-corrected chi connectivity index (χ0v) is 14.6. The summed E-state index contributed by atoms with van der Waals surface area (Å²) in [6, 6.07) is 8.32. The normalized spacial score (nSPS) is 13.5. The van der Waals surface area contributed by atoms with Crippen molar-refractivity contribution in [2.24, 2.45) is 7.05 Å². The molecule has 2 heterocycles. The molecule has 0 amide bonds. The van der Waals surface area contributed by atoms with Crippen LogP contribution in [0.5, 0.6) is 0 Å². The third kappa shape index (κ3) is 2.96. The SMILES string of the molecule is Cc1cc(C(C)Nc2ccc3c(c2)nc(C(C)(C)C)n3C)no1. The Hall–Kier alpha value is -2.30. The second-order valence-electron chi connectivity index (χ2n) is 7.18. The van der Waals surface area contributed by atoms with E-state index in [1.165, 1.54) is 0 Å². The van der Waals surface area contributed by atoms with Crippen molar-refractivity contribution in [2.75, 3.05) is 5.32 Å². The fourth-order valence-electron chi connectivity index (χ4n) is 2.87. The molecule has 0 saturated heterocycles. The zero-order chi connectivity index (χ0) is 16.8. The van der Waals surface area contributed by atoms with Gasteiger partial charge in [-0.15, -0.1) is 0 Å². The molecule has 5 heteroatoms. The van der Waals surface area contributed by atoms with E-state index in [-0.39, 0.29) is 11.5 Å². The molecule has 0 fully saturated rings. The molecule has 1 N–H and O–H groups in total. The summed E-state index contributed by atoms with van der Waals surface area (Å²) < 4.78 is 7.31. The van der Waals surface area contributed by atoms with Gasteiger partial charge >= 0.3 is 0 Å². The molecular weight excluding hydrogens is 288 g/mol. The van der Waals surface area contributed by atoms with Crippen LogP contribution < -0.4 is 5.32 Å². The van der Waals surface area contributed by atoms with Crippen molar-refractivity contribution in [1.29, 1.82) is 0 Å². The lowest BCUT2D eigenvalue weighted by molar-refractivity contribution is 0.388. The molecule has 1 unspecified atom stereocenters. The van der Waals surface area contributed by atoms with E-state index < -0.39 is 0 Å². The van der Waals surface area contributed by atoms with Crippen molar-refractivity contribution in [3.8, 4) is 0 Å². The molecule has 3 rings (SSSR count). The molecule has 1 aromatic carbocycles. The minimum Gasteiger partial charge on any atom is -0.377 e. The first kappa shape index (κ1) is 15.6. The smallest absolute Gasteiger partial charge is 0.134 e. The van der Waals surface area contributed by atoms with Gasteiger partial charge in [0.1, 0.15) is 17.3 Å². The number of hydrogen-bond donors (Lipinski definition) is 1. The van der Waals surface area contributed by atoms with E-state index in [0.29, 0.717) is 0 Å². The van der Waals surface area contributed by atoms with Gasteiger partial charge in [0.05, 0.1) is 17.1 Å². The lowest BCUT2D eigenvalue weighted by Gasteiger charge is -2.17. The minimum absolute atomic E-state index is 0.0207. The van der Waals surface area contributed by atoms with Crippen molar-refractivity contribution in [1.82, 2.24) is 14.7 Å². The Kier molecular flexibility index (Phi) is 3.66. The Morgan fingerprint density at radius 3 is 2.57 bits per heavy atom. The van der Waals surface area contributed by atoms with Crippen molar-refractivity contribution < 1.29 is 4.52 Å². The average Bonchev–Trinajstić information content (AvgIpc) is 3.03. The minimum atomic E-state index is 0.0207. The molecular formula is C18H24N4O. The number of nitrogens with zero attached hydrogens (tertiary/aromatic N) is 3. The molecule has 0 aliphatic rings. The molecule has 0 aliphatic carbocycles. The van der Waals surface area contributed by atoms with Crippen molar-refractivity contribution in [3.05, 3.63) is 41.5 Å². The lowest BCUT2D eigenvalue weighted by Crippen LogP contribution is -2.17. The van der Waals surface area contributed by atoms with E-state index in [1.54, 1.807) is 0 Å². The molecule has 3 aromatic rings.